The van der Waals surface area contributed by atoms with Gasteiger partial charge in [-0.1, -0.05) is 72.5 Å². The molecule has 3 saturated carbocycles. The maximum atomic E-state index is 12.0. The third kappa shape index (κ3) is 4.96. The normalized spacial score (nSPS) is 40.1. The van der Waals surface area contributed by atoms with Crippen LogP contribution in [0, 0.1) is 46.3 Å². The predicted octanol–water partition coefficient (Wildman–Crippen LogP) is 8.96. The number of allylic oxidation sites excluding steroid dienone is 1. The minimum absolute atomic E-state index is 0.00311. The molecule has 0 bridgehead atoms. The lowest BCUT2D eigenvalue weighted by Crippen LogP contribution is -2.51. The first-order valence-electron chi connectivity index (χ1n) is 14.7. The zero-order valence-corrected chi connectivity index (χ0v) is 23.0. The van der Waals surface area contributed by atoms with Gasteiger partial charge in [-0.2, -0.15) is 0 Å². The average Bonchev–Trinajstić information content (AvgIpc) is 3.15. The van der Waals surface area contributed by atoms with Crippen molar-refractivity contribution in [2.75, 3.05) is 6.61 Å². The summed E-state index contributed by atoms with van der Waals surface area (Å²) in [6, 6.07) is 0. The summed E-state index contributed by atoms with van der Waals surface area (Å²) in [5.74, 6) is 5.19. The van der Waals surface area contributed by atoms with Gasteiger partial charge in [-0.25, -0.2) is 4.79 Å². The van der Waals surface area contributed by atoms with E-state index < -0.39 is 6.16 Å². The highest BCUT2D eigenvalue weighted by molar-refractivity contribution is 5.60. The molecule has 4 aliphatic rings. The van der Waals surface area contributed by atoms with Crippen LogP contribution in [0.2, 0.25) is 0 Å². The molecular weight excluding hydrogens is 420 g/mol. The second kappa shape index (κ2) is 10.6. The molecule has 194 valence electrons. The Morgan fingerprint density at radius 1 is 1.06 bits per heavy atom. The molecule has 0 aromatic carbocycles. The molecule has 0 N–H and O–H groups in total. The van der Waals surface area contributed by atoms with Gasteiger partial charge < -0.3 is 9.47 Å². The molecule has 0 aromatic rings. The van der Waals surface area contributed by atoms with Crippen molar-refractivity contribution in [2.45, 2.75) is 125 Å². The van der Waals surface area contributed by atoms with Crippen molar-refractivity contribution in [3.05, 3.63) is 11.6 Å². The smallest absolute Gasteiger partial charge is 0.434 e. The first-order chi connectivity index (χ1) is 16.2. The van der Waals surface area contributed by atoms with Crippen LogP contribution in [0.5, 0.6) is 0 Å². The van der Waals surface area contributed by atoms with Crippen molar-refractivity contribution in [2.24, 2.45) is 46.3 Å². The molecule has 8 atom stereocenters. The Hall–Kier alpha value is -0.990. The van der Waals surface area contributed by atoms with Crippen LogP contribution in [0.15, 0.2) is 11.6 Å². The van der Waals surface area contributed by atoms with Gasteiger partial charge >= 0.3 is 6.16 Å². The highest BCUT2D eigenvalue weighted by atomic mass is 16.7. The van der Waals surface area contributed by atoms with E-state index in [2.05, 4.69) is 40.7 Å². The highest BCUT2D eigenvalue weighted by Crippen LogP contribution is 2.67. The van der Waals surface area contributed by atoms with E-state index in [1.807, 2.05) is 6.92 Å². The van der Waals surface area contributed by atoms with Crippen LogP contribution >= 0.6 is 0 Å². The fraction of sp³-hybridized carbons (Fsp3) is 0.903. The maximum Gasteiger partial charge on any atom is 0.508 e. The molecule has 0 aliphatic heterocycles. The van der Waals surface area contributed by atoms with Gasteiger partial charge in [-0.05, 0) is 97.7 Å². The molecule has 34 heavy (non-hydrogen) atoms. The summed E-state index contributed by atoms with van der Waals surface area (Å²) in [7, 11) is 0. The lowest BCUT2D eigenvalue weighted by atomic mass is 9.47. The summed E-state index contributed by atoms with van der Waals surface area (Å²) in [4.78, 5) is 12.0. The van der Waals surface area contributed by atoms with Crippen molar-refractivity contribution >= 4 is 6.16 Å². The first kappa shape index (κ1) is 26.1. The molecule has 0 amide bonds. The Labute approximate surface area is 209 Å². The van der Waals surface area contributed by atoms with Gasteiger partial charge in [0.1, 0.15) is 6.10 Å². The molecule has 0 aromatic heterocycles. The Morgan fingerprint density at radius 2 is 1.85 bits per heavy atom. The van der Waals surface area contributed by atoms with Crippen molar-refractivity contribution in [3.8, 4) is 0 Å². The lowest BCUT2D eigenvalue weighted by molar-refractivity contribution is -0.0616. The van der Waals surface area contributed by atoms with Gasteiger partial charge in [-0.15, -0.1) is 0 Å². The topological polar surface area (TPSA) is 35.5 Å². The van der Waals surface area contributed by atoms with Crippen molar-refractivity contribution in [1.29, 1.82) is 0 Å². The summed E-state index contributed by atoms with van der Waals surface area (Å²) in [5, 5.41) is 0. The van der Waals surface area contributed by atoms with E-state index in [9.17, 15) is 4.79 Å². The number of carbonyl (C=O) groups is 1. The summed E-state index contributed by atoms with van der Waals surface area (Å²) in [5.41, 5.74) is 2.43. The number of ether oxygens (including phenoxy) is 2. The van der Waals surface area contributed by atoms with E-state index in [1.54, 1.807) is 5.57 Å². The number of rotatable bonds is 8. The molecular formula is C31H52O3. The molecule has 0 radical (unpaired) electrons. The van der Waals surface area contributed by atoms with E-state index in [1.165, 1.54) is 51.4 Å². The molecule has 0 spiro atoms. The summed E-state index contributed by atoms with van der Waals surface area (Å²) in [6.45, 7) is 15.0. The van der Waals surface area contributed by atoms with Gasteiger partial charge in [0.15, 0.2) is 0 Å². The van der Waals surface area contributed by atoms with E-state index in [4.69, 9.17) is 9.47 Å². The van der Waals surface area contributed by atoms with Crippen LogP contribution < -0.4 is 0 Å². The fourth-order valence-corrected chi connectivity index (χ4v) is 9.11. The average molecular weight is 473 g/mol. The molecule has 3 nitrogen and oxygen atoms in total. The minimum atomic E-state index is -0.474. The van der Waals surface area contributed by atoms with Crippen LogP contribution in [0.4, 0.5) is 4.79 Å². The molecule has 0 saturated heterocycles. The Balaban J connectivity index is 1.41. The minimum Gasteiger partial charge on any atom is -0.434 e. The molecule has 3 heteroatoms. The van der Waals surface area contributed by atoms with Crippen molar-refractivity contribution in [3.63, 3.8) is 0 Å². The van der Waals surface area contributed by atoms with E-state index in [0.717, 1.165) is 61.2 Å². The zero-order chi connectivity index (χ0) is 24.5. The van der Waals surface area contributed by atoms with Gasteiger partial charge in [0.05, 0.1) is 6.61 Å². The van der Waals surface area contributed by atoms with Gasteiger partial charge in [-0.3, -0.25) is 0 Å². The lowest BCUT2D eigenvalue weighted by Gasteiger charge is -2.58. The van der Waals surface area contributed by atoms with Crippen molar-refractivity contribution < 1.29 is 14.3 Å². The second-order valence-electron chi connectivity index (χ2n) is 13.4. The van der Waals surface area contributed by atoms with E-state index in [-0.39, 0.29) is 6.10 Å². The summed E-state index contributed by atoms with van der Waals surface area (Å²) < 4.78 is 10.9. The molecule has 0 unspecified atom stereocenters. The summed E-state index contributed by atoms with van der Waals surface area (Å²) >= 11 is 0. The van der Waals surface area contributed by atoms with Crippen LogP contribution in [0.3, 0.4) is 0 Å². The Kier molecular flexibility index (Phi) is 8.10. The van der Waals surface area contributed by atoms with E-state index >= 15 is 0 Å². The first-order valence-corrected chi connectivity index (χ1v) is 14.7. The molecule has 0 heterocycles. The zero-order valence-electron chi connectivity index (χ0n) is 23.0. The Morgan fingerprint density at radius 3 is 2.59 bits per heavy atom. The number of carbonyl (C=O) groups excluding carboxylic acids is 1. The largest absolute Gasteiger partial charge is 0.508 e. The fourth-order valence-electron chi connectivity index (χ4n) is 9.11. The molecule has 3 fully saturated rings. The van der Waals surface area contributed by atoms with Crippen LogP contribution in [0.25, 0.3) is 0 Å². The van der Waals surface area contributed by atoms with Crippen LogP contribution in [-0.4, -0.2) is 18.9 Å². The maximum absolute atomic E-state index is 12.0. The SMILES string of the molecule is CCCOC(=O)O[C@H]1CC[C@]2(C)C(=CC[C@H]3[C@@H]4CC[C@H]([C@H](C)CCCC(C)C)[C@]4(C)CC[C@@H]32)C1. The number of hydrogen-bond donors (Lipinski definition) is 0. The highest BCUT2D eigenvalue weighted by Gasteiger charge is 2.59. The molecule has 4 rings (SSSR count). The van der Waals surface area contributed by atoms with Gasteiger partial charge in [0.2, 0.25) is 0 Å². The standard InChI is InChI=1S/C31H52O3/c1-7-19-33-29(32)34-24-15-17-30(5)23(20-24)11-12-25-27-14-13-26(22(4)10-8-9-21(2)3)31(27,6)18-16-28(25)30/h11,21-22,24-28H,7-10,12-20H2,1-6H3/t22-,24+,25+,26-,27+,28+,30-,31+/m1/s1. The van der Waals surface area contributed by atoms with Gasteiger partial charge in [0.25, 0.3) is 0 Å². The summed E-state index contributed by atoms with van der Waals surface area (Å²) in [6.07, 6.45) is 17.2. The van der Waals surface area contributed by atoms with Gasteiger partial charge in [0, 0.05) is 6.42 Å². The number of hydrogen-bond acceptors (Lipinski definition) is 3. The van der Waals surface area contributed by atoms with Crippen LogP contribution in [-0.2, 0) is 9.47 Å². The second-order valence-corrected chi connectivity index (χ2v) is 13.4. The van der Waals surface area contributed by atoms with Crippen LogP contribution in [0.1, 0.15) is 119 Å². The predicted molar refractivity (Wildman–Crippen MR) is 140 cm³/mol. The van der Waals surface area contributed by atoms with E-state index in [0.29, 0.717) is 17.4 Å². The monoisotopic (exact) mass is 472 g/mol. The third-order valence-corrected chi connectivity index (χ3v) is 10.9. The number of fused-ring (bicyclic) bond motifs is 5. The molecule has 4 aliphatic carbocycles. The quantitative estimate of drug-likeness (QED) is 0.261. The Bertz CT molecular complexity index is 741. The van der Waals surface area contributed by atoms with Crippen molar-refractivity contribution in [1.82, 2.24) is 0 Å². The third-order valence-electron chi connectivity index (χ3n) is 10.9.